The predicted octanol–water partition coefficient (Wildman–Crippen LogP) is 0.921. The molecule has 0 radical (unpaired) electrons. The van der Waals surface area contributed by atoms with Crippen LogP contribution < -0.4 is 5.32 Å². The van der Waals surface area contributed by atoms with Crippen molar-refractivity contribution in [3.8, 4) is 0 Å². The van der Waals surface area contributed by atoms with Gasteiger partial charge in [0.1, 0.15) is 0 Å². The van der Waals surface area contributed by atoms with Gasteiger partial charge in [-0.25, -0.2) is 0 Å². The molecular formula is C19H34N4O2. The van der Waals surface area contributed by atoms with E-state index < -0.39 is 0 Å². The van der Waals surface area contributed by atoms with Crippen LogP contribution in [0.25, 0.3) is 0 Å². The predicted molar refractivity (Wildman–Crippen MR) is 98.3 cm³/mol. The number of hydrogen-bond donors (Lipinski definition) is 1. The monoisotopic (exact) mass is 350 g/mol. The van der Waals surface area contributed by atoms with E-state index in [4.69, 9.17) is 0 Å². The first-order chi connectivity index (χ1) is 12.1. The van der Waals surface area contributed by atoms with Crippen molar-refractivity contribution in [2.75, 3.05) is 52.4 Å². The third-order valence-electron chi connectivity index (χ3n) is 6.11. The van der Waals surface area contributed by atoms with E-state index in [0.717, 1.165) is 52.2 Å². The van der Waals surface area contributed by atoms with Crippen molar-refractivity contribution in [2.45, 2.75) is 51.5 Å². The van der Waals surface area contributed by atoms with Gasteiger partial charge in [-0.3, -0.25) is 14.5 Å². The zero-order valence-corrected chi connectivity index (χ0v) is 15.7. The molecule has 6 nitrogen and oxygen atoms in total. The lowest BCUT2D eigenvalue weighted by molar-refractivity contribution is -0.137. The molecule has 25 heavy (non-hydrogen) atoms. The molecule has 1 unspecified atom stereocenters. The van der Waals surface area contributed by atoms with Crippen molar-refractivity contribution in [3.05, 3.63) is 0 Å². The van der Waals surface area contributed by atoms with Crippen LogP contribution in [0.5, 0.6) is 0 Å². The number of carbonyl (C=O) groups is 2. The van der Waals surface area contributed by atoms with Crippen LogP contribution in [0.3, 0.4) is 0 Å². The molecule has 6 heteroatoms. The highest BCUT2D eigenvalue weighted by Crippen LogP contribution is 2.27. The minimum Gasteiger partial charge on any atom is -0.340 e. The first-order valence-electron chi connectivity index (χ1n) is 10.1. The summed E-state index contributed by atoms with van der Waals surface area (Å²) in [6.07, 6.45) is 7.08. The Morgan fingerprint density at radius 2 is 1.64 bits per heavy atom. The third-order valence-corrected chi connectivity index (χ3v) is 6.11. The Morgan fingerprint density at radius 1 is 0.920 bits per heavy atom. The van der Waals surface area contributed by atoms with E-state index in [1.165, 1.54) is 32.1 Å². The summed E-state index contributed by atoms with van der Waals surface area (Å²) < 4.78 is 0. The molecule has 2 aliphatic heterocycles. The Bertz CT molecular complexity index is 458. The van der Waals surface area contributed by atoms with Crippen LogP contribution >= 0.6 is 0 Å². The molecule has 1 N–H and O–H groups in total. The van der Waals surface area contributed by atoms with E-state index in [1.807, 2.05) is 9.80 Å². The van der Waals surface area contributed by atoms with Gasteiger partial charge in [0, 0.05) is 58.3 Å². The number of nitrogens with zero attached hydrogens (tertiary/aromatic N) is 3. The molecule has 2 heterocycles. The van der Waals surface area contributed by atoms with Crippen LogP contribution in [0, 0.1) is 5.92 Å². The van der Waals surface area contributed by atoms with Crippen molar-refractivity contribution in [2.24, 2.45) is 5.92 Å². The van der Waals surface area contributed by atoms with E-state index in [9.17, 15) is 9.59 Å². The minimum absolute atomic E-state index is 0.232. The average Bonchev–Trinajstić information content (AvgIpc) is 2.65. The van der Waals surface area contributed by atoms with Crippen molar-refractivity contribution in [1.82, 2.24) is 20.0 Å². The Labute approximate surface area is 151 Å². The largest absolute Gasteiger partial charge is 0.340 e. The fourth-order valence-electron chi connectivity index (χ4n) is 4.41. The van der Waals surface area contributed by atoms with Gasteiger partial charge in [-0.2, -0.15) is 0 Å². The van der Waals surface area contributed by atoms with Crippen molar-refractivity contribution >= 4 is 11.8 Å². The van der Waals surface area contributed by atoms with Gasteiger partial charge < -0.3 is 15.1 Å². The Balaban J connectivity index is 1.43. The molecule has 2 saturated heterocycles. The second-order valence-corrected chi connectivity index (χ2v) is 8.00. The van der Waals surface area contributed by atoms with Gasteiger partial charge in [0.05, 0.1) is 6.54 Å². The molecule has 0 aromatic carbocycles. The fourth-order valence-corrected chi connectivity index (χ4v) is 4.41. The number of piperazine rings is 2. The SMILES string of the molecule is CC1CN(C(=O)CC2CCCCC2)CCN1CC(=O)N1CCNCC1. The summed E-state index contributed by atoms with van der Waals surface area (Å²) in [6.45, 7) is 8.40. The summed E-state index contributed by atoms with van der Waals surface area (Å²) in [5.41, 5.74) is 0. The molecule has 3 rings (SSSR count). The summed E-state index contributed by atoms with van der Waals surface area (Å²) in [5, 5.41) is 3.28. The third kappa shape index (κ3) is 5.17. The van der Waals surface area contributed by atoms with Gasteiger partial charge in [-0.15, -0.1) is 0 Å². The van der Waals surface area contributed by atoms with Gasteiger partial charge in [0.2, 0.25) is 11.8 Å². The highest BCUT2D eigenvalue weighted by atomic mass is 16.2. The number of nitrogens with one attached hydrogen (secondary N) is 1. The molecule has 2 amide bonds. The van der Waals surface area contributed by atoms with E-state index in [1.54, 1.807) is 0 Å². The molecular weight excluding hydrogens is 316 g/mol. The zero-order chi connectivity index (χ0) is 17.6. The summed E-state index contributed by atoms with van der Waals surface area (Å²) in [7, 11) is 0. The summed E-state index contributed by atoms with van der Waals surface area (Å²) in [5.74, 6) is 1.16. The minimum atomic E-state index is 0.232. The highest BCUT2D eigenvalue weighted by molar-refractivity contribution is 5.79. The number of amides is 2. The molecule has 1 atom stereocenters. The molecule has 1 aliphatic carbocycles. The van der Waals surface area contributed by atoms with Crippen molar-refractivity contribution < 1.29 is 9.59 Å². The number of rotatable bonds is 4. The Kier molecular flexibility index (Phi) is 6.70. The second kappa shape index (κ2) is 8.99. The van der Waals surface area contributed by atoms with E-state index in [2.05, 4.69) is 17.1 Å². The second-order valence-electron chi connectivity index (χ2n) is 8.00. The van der Waals surface area contributed by atoms with Crippen LogP contribution in [0.15, 0.2) is 0 Å². The van der Waals surface area contributed by atoms with Crippen LogP contribution in [0.4, 0.5) is 0 Å². The Morgan fingerprint density at radius 3 is 2.32 bits per heavy atom. The van der Waals surface area contributed by atoms with Crippen molar-refractivity contribution in [3.63, 3.8) is 0 Å². The molecule has 3 fully saturated rings. The lowest BCUT2D eigenvalue weighted by Gasteiger charge is -2.41. The smallest absolute Gasteiger partial charge is 0.236 e. The normalized spacial score (nSPS) is 26.7. The van der Waals surface area contributed by atoms with Crippen molar-refractivity contribution in [1.29, 1.82) is 0 Å². The summed E-state index contributed by atoms with van der Waals surface area (Å²) in [6, 6.07) is 0.260. The highest BCUT2D eigenvalue weighted by Gasteiger charge is 2.30. The molecule has 0 aromatic rings. The summed E-state index contributed by atoms with van der Waals surface area (Å²) in [4.78, 5) is 31.3. The maximum atomic E-state index is 12.6. The molecule has 0 aromatic heterocycles. The average molecular weight is 351 g/mol. The van der Waals surface area contributed by atoms with Crippen LogP contribution in [-0.4, -0.2) is 84.9 Å². The molecule has 0 spiro atoms. The van der Waals surface area contributed by atoms with Crippen LogP contribution in [-0.2, 0) is 9.59 Å². The Hall–Kier alpha value is -1.14. The first kappa shape index (κ1) is 18.6. The molecule has 1 saturated carbocycles. The zero-order valence-electron chi connectivity index (χ0n) is 15.7. The van der Waals surface area contributed by atoms with Gasteiger partial charge in [-0.05, 0) is 25.7 Å². The fraction of sp³-hybridized carbons (Fsp3) is 0.895. The van der Waals surface area contributed by atoms with Crippen LogP contribution in [0.1, 0.15) is 45.4 Å². The summed E-state index contributed by atoms with van der Waals surface area (Å²) >= 11 is 0. The van der Waals surface area contributed by atoms with Gasteiger partial charge in [0.15, 0.2) is 0 Å². The van der Waals surface area contributed by atoms with Gasteiger partial charge >= 0.3 is 0 Å². The van der Waals surface area contributed by atoms with Gasteiger partial charge in [0.25, 0.3) is 0 Å². The van der Waals surface area contributed by atoms with E-state index >= 15 is 0 Å². The lowest BCUT2D eigenvalue weighted by atomic mass is 9.86. The number of hydrogen-bond acceptors (Lipinski definition) is 4. The van der Waals surface area contributed by atoms with E-state index in [0.29, 0.717) is 18.4 Å². The van der Waals surface area contributed by atoms with E-state index in [-0.39, 0.29) is 11.9 Å². The topological polar surface area (TPSA) is 55.9 Å². The first-order valence-corrected chi connectivity index (χ1v) is 10.1. The molecule has 0 bridgehead atoms. The quantitative estimate of drug-likeness (QED) is 0.819. The molecule has 3 aliphatic rings. The standard InChI is InChI=1S/C19H34N4O2/c1-16-14-23(18(24)13-17-5-3-2-4-6-17)12-11-22(16)15-19(25)21-9-7-20-8-10-21/h16-17,20H,2-15H2,1H3. The number of carbonyl (C=O) groups excluding carboxylic acids is 2. The van der Waals surface area contributed by atoms with Crippen LogP contribution in [0.2, 0.25) is 0 Å². The molecule has 142 valence electrons. The lowest BCUT2D eigenvalue weighted by Crippen LogP contribution is -2.57. The maximum absolute atomic E-state index is 12.6. The maximum Gasteiger partial charge on any atom is 0.236 e. The van der Waals surface area contributed by atoms with Gasteiger partial charge in [-0.1, -0.05) is 19.3 Å².